The van der Waals surface area contributed by atoms with Crippen molar-refractivity contribution in [1.29, 1.82) is 0 Å². The summed E-state index contributed by atoms with van der Waals surface area (Å²) in [6.45, 7) is 7.10. The number of nitrogens with one attached hydrogen (secondary N) is 2. The molecule has 0 radical (unpaired) electrons. The third-order valence-corrected chi connectivity index (χ3v) is 4.48. The lowest BCUT2D eigenvalue weighted by atomic mass is 10.1. The summed E-state index contributed by atoms with van der Waals surface area (Å²) < 4.78 is 0. The normalized spacial score (nSPS) is 17.2. The summed E-state index contributed by atoms with van der Waals surface area (Å²) in [5.74, 6) is 0.261. The molecule has 2 atom stereocenters. The molecule has 1 heterocycles. The first-order chi connectivity index (χ1) is 11.6. The lowest BCUT2D eigenvalue weighted by molar-refractivity contribution is 0.163. The molecule has 24 heavy (non-hydrogen) atoms. The maximum atomic E-state index is 12.0. The number of aliphatic hydroxyl groups is 1. The number of carbonyl (C=O) groups excluding carboxylic acids is 1. The average Bonchev–Trinajstić information content (AvgIpc) is 2.58. The van der Waals surface area contributed by atoms with Crippen molar-refractivity contribution in [3.05, 3.63) is 29.8 Å². The highest BCUT2D eigenvalue weighted by Crippen LogP contribution is 2.23. The monoisotopic (exact) mass is 333 g/mol. The van der Waals surface area contributed by atoms with Crippen LogP contribution in [-0.4, -0.2) is 36.9 Å². The Kier molecular flexibility index (Phi) is 7.37. The summed E-state index contributed by atoms with van der Waals surface area (Å²) in [5, 5.41) is 15.2. The van der Waals surface area contributed by atoms with E-state index in [0.29, 0.717) is 19.5 Å². The Morgan fingerprint density at radius 2 is 1.88 bits per heavy atom. The molecule has 5 heteroatoms. The summed E-state index contributed by atoms with van der Waals surface area (Å²) >= 11 is 0. The molecule has 1 aliphatic heterocycles. The van der Waals surface area contributed by atoms with Gasteiger partial charge in [-0.25, -0.2) is 4.79 Å². The summed E-state index contributed by atoms with van der Waals surface area (Å²) in [6.07, 6.45) is 4.15. The second-order valence-corrected chi connectivity index (χ2v) is 6.93. The van der Waals surface area contributed by atoms with E-state index in [4.69, 9.17) is 0 Å². The first kappa shape index (κ1) is 18.6. The average molecular weight is 333 g/mol. The standard InChI is InChI=1S/C19H31N3O2/c1-15(12-16(2)23)13-20-19(24)21-14-17-8-4-5-9-18(17)22-10-6-3-7-11-22/h4-5,8-9,15-16,23H,3,6-7,10-14H2,1-2H3,(H2,20,21,24). The van der Waals surface area contributed by atoms with Gasteiger partial charge >= 0.3 is 6.03 Å². The second-order valence-electron chi connectivity index (χ2n) is 6.93. The van der Waals surface area contributed by atoms with E-state index < -0.39 is 0 Å². The molecule has 1 aromatic carbocycles. The highest BCUT2D eigenvalue weighted by atomic mass is 16.3. The number of nitrogens with zero attached hydrogens (tertiary/aromatic N) is 1. The van der Waals surface area contributed by atoms with Gasteiger partial charge in [-0.05, 0) is 50.2 Å². The van der Waals surface area contributed by atoms with Crippen LogP contribution in [-0.2, 0) is 6.54 Å². The first-order valence-electron chi connectivity index (χ1n) is 9.09. The lowest BCUT2D eigenvalue weighted by Gasteiger charge is -2.30. The van der Waals surface area contributed by atoms with Gasteiger partial charge in [-0.3, -0.25) is 0 Å². The minimum absolute atomic E-state index is 0.152. The maximum Gasteiger partial charge on any atom is 0.315 e. The van der Waals surface area contributed by atoms with Gasteiger partial charge < -0.3 is 20.6 Å². The van der Waals surface area contributed by atoms with E-state index in [1.54, 1.807) is 6.92 Å². The zero-order valence-corrected chi connectivity index (χ0v) is 14.9. The third kappa shape index (κ3) is 6.04. The molecule has 0 aromatic heterocycles. The highest BCUT2D eigenvalue weighted by Gasteiger charge is 2.14. The maximum absolute atomic E-state index is 12.0. The molecule has 2 unspecified atom stereocenters. The van der Waals surface area contributed by atoms with Gasteiger partial charge in [0.1, 0.15) is 0 Å². The zero-order valence-electron chi connectivity index (χ0n) is 14.9. The van der Waals surface area contributed by atoms with Crippen LogP contribution < -0.4 is 15.5 Å². The Balaban J connectivity index is 1.82. The SMILES string of the molecule is CC(O)CC(C)CNC(=O)NCc1ccccc1N1CCCCC1. The number of carbonyl (C=O) groups is 1. The van der Waals surface area contributed by atoms with E-state index >= 15 is 0 Å². The van der Waals surface area contributed by atoms with Gasteiger partial charge in [-0.1, -0.05) is 25.1 Å². The van der Waals surface area contributed by atoms with Gasteiger partial charge in [-0.2, -0.15) is 0 Å². The lowest BCUT2D eigenvalue weighted by Crippen LogP contribution is -2.38. The quantitative estimate of drug-likeness (QED) is 0.719. The largest absolute Gasteiger partial charge is 0.393 e. The van der Waals surface area contributed by atoms with Crippen LogP contribution in [0.15, 0.2) is 24.3 Å². The predicted octanol–water partition coefficient (Wildman–Crippen LogP) is 2.88. The molecule has 0 spiro atoms. The van der Waals surface area contributed by atoms with Gasteiger partial charge in [0.15, 0.2) is 0 Å². The Labute approximate surface area is 145 Å². The Hall–Kier alpha value is -1.75. The number of piperidine rings is 1. The number of benzene rings is 1. The smallest absolute Gasteiger partial charge is 0.315 e. The molecular formula is C19H31N3O2. The number of rotatable bonds is 7. The summed E-state index contributed by atoms with van der Waals surface area (Å²) in [6, 6.07) is 8.16. The van der Waals surface area contributed by atoms with E-state index in [1.165, 1.54) is 24.9 Å². The van der Waals surface area contributed by atoms with E-state index in [-0.39, 0.29) is 18.1 Å². The van der Waals surface area contributed by atoms with Gasteiger partial charge in [0.2, 0.25) is 0 Å². The molecule has 5 nitrogen and oxygen atoms in total. The zero-order chi connectivity index (χ0) is 17.4. The summed E-state index contributed by atoms with van der Waals surface area (Å²) in [7, 11) is 0. The van der Waals surface area contributed by atoms with Crippen molar-refractivity contribution in [2.45, 2.75) is 52.2 Å². The van der Waals surface area contributed by atoms with Crippen LogP contribution in [0.3, 0.4) is 0 Å². The van der Waals surface area contributed by atoms with Crippen LogP contribution in [0, 0.1) is 5.92 Å². The molecule has 0 aliphatic carbocycles. The van der Waals surface area contributed by atoms with Crippen molar-refractivity contribution in [2.75, 3.05) is 24.5 Å². The molecule has 0 saturated carbocycles. The molecule has 1 aliphatic rings. The van der Waals surface area contributed by atoms with Crippen LogP contribution in [0.1, 0.15) is 45.1 Å². The summed E-state index contributed by atoms with van der Waals surface area (Å²) in [5.41, 5.74) is 2.39. The van der Waals surface area contributed by atoms with Crippen molar-refractivity contribution in [1.82, 2.24) is 10.6 Å². The van der Waals surface area contributed by atoms with Gasteiger partial charge in [0.05, 0.1) is 6.10 Å². The van der Waals surface area contributed by atoms with Crippen LogP contribution in [0.5, 0.6) is 0 Å². The van der Waals surface area contributed by atoms with Crippen molar-refractivity contribution in [3.63, 3.8) is 0 Å². The minimum atomic E-state index is -0.332. The fraction of sp³-hybridized carbons (Fsp3) is 0.632. The number of hydrogen-bond acceptors (Lipinski definition) is 3. The third-order valence-electron chi connectivity index (χ3n) is 4.48. The van der Waals surface area contributed by atoms with Crippen LogP contribution >= 0.6 is 0 Å². The fourth-order valence-electron chi connectivity index (χ4n) is 3.27. The van der Waals surface area contributed by atoms with E-state index in [9.17, 15) is 9.90 Å². The van der Waals surface area contributed by atoms with Crippen LogP contribution in [0.25, 0.3) is 0 Å². The predicted molar refractivity (Wildman–Crippen MR) is 98.2 cm³/mol. The van der Waals surface area contributed by atoms with E-state index in [1.807, 2.05) is 13.0 Å². The van der Waals surface area contributed by atoms with Gasteiger partial charge in [0.25, 0.3) is 0 Å². The van der Waals surface area contributed by atoms with Crippen molar-refractivity contribution >= 4 is 11.7 Å². The fourth-order valence-corrected chi connectivity index (χ4v) is 3.27. The van der Waals surface area contributed by atoms with E-state index in [0.717, 1.165) is 18.7 Å². The molecule has 1 aromatic rings. The first-order valence-corrected chi connectivity index (χ1v) is 9.09. The topological polar surface area (TPSA) is 64.6 Å². The Morgan fingerprint density at radius 1 is 1.17 bits per heavy atom. The number of urea groups is 1. The second kappa shape index (κ2) is 9.52. The highest BCUT2D eigenvalue weighted by molar-refractivity contribution is 5.74. The Bertz CT molecular complexity index is 513. The summed E-state index contributed by atoms with van der Waals surface area (Å²) in [4.78, 5) is 14.4. The van der Waals surface area contributed by atoms with Crippen LogP contribution in [0.2, 0.25) is 0 Å². The molecule has 2 rings (SSSR count). The van der Waals surface area contributed by atoms with Crippen molar-refractivity contribution in [3.8, 4) is 0 Å². The van der Waals surface area contributed by atoms with E-state index in [2.05, 4.69) is 33.7 Å². The molecule has 2 amide bonds. The number of para-hydroxylation sites is 1. The molecule has 0 bridgehead atoms. The molecular weight excluding hydrogens is 302 g/mol. The molecule has 3 N–H and O–H groups in total. The number of aliphatic hydroxyl groups excluding tert-OH is 1. The number of anilines is 1. The number of hydrogen-bond donors (Lipinski definition) is 3. The minimum Gasteiger partial charge on any atom is -0.393 e. The molecule has 134 valence electrons. The number of amides is 2. The van der Waals surface area contributed by atoms with Crippen molar-refractivity contribution < 1.29 is 9.90 Å². The van der Waals surface area contributed by atoms with Crippen LogP contribution in [0.4, 0.5) is 10.5 Å². The van der Waals surface area contributed by atoms with Gasteiger partial charge in [-0.15, -0.1) is 0 Å². The Morgan fingerprint density at radius 3 is 2.58 bits per heavy atom. The van der Waals surface area contributed by atoms with Crippen molar-refractivity contribution in [2.24, 2.45) is 5.92 Å². The molecule has 1 saturated heterocycles. The van der Waals surface area contributed by atoms with Gasteiger partial charge in [0, 0.05) is 31.9 Å². The molecule has 1 fully saturated rings.